The van der Waals surface area contributed by atoms with Crippen LogP contribution >= 0.6 is 11.3 Å². The molecule has 0 aliphatic carbocycles. The third-order valence-electron chi connectivity index (χ3n) is 2.49. The molecule has 0 fully saturated rings. The minimum Gasteiger partial charge on any atom is -0.478 e. The number of benzene rings is 1. The lowest BCUT2D eigenvalue weighted by molar-refractivity contribution is -0.380. The molecule has 0 spiro atoms. The highest BCUT2D eigenvalue weighted by Gasteiger charge is 2.12. The van der Waals surface area contributed by atoms with Crippen molar-refractivity contribution in [3.05, 3.63) is 56.7 Å². The van der Waals surface area contributed by atoms with Crippen LogP contribution in [0.25, 0.3) is 0 Å². The third kappa shape index (κ3) is 3.09. The van der Waals surface area contributed by atoms with E-state index in [0.29, 0.717) is 12.2 Å². The van der Waals surface area contributed by atoms with Crippen molar-refractivity contribution in [1.82, 2.24) is 0 Å². The molecule has 0 atom stereocenters. The zero-order valence-electron chi connectivity index (χ0n) is 10.00. The zero-order chi connectivity index (χ0) is 14.7. The van der Waals surface area contributed by atoms with Crippen LogP contribution in [0.4, 0.5) is 15.1 Å². The van der Waals surface area contributed by atoms with E-state index in [1.54, 1.807) is 6.07 Å². The van der Waals surface area contributed by atoms with Crippen molar-refractivity contribution in [2.24, 2.45) is 0 Å². The highest BCUT2D eigenvalue weighted by molar-refractivity contribution is 7.15. The zero-order valence-corrected chi connectivity index (χ0v) is 10.8. The van der Waals surface area contributed by atoms with Crippen molar-refractivity contribution in [3.8, 4) is 0 Å². The van der Waals surface area contributed by atoms with Gasteiger partial charge in [-0.2, -0.15) is 0 Å². The van der Waals surface area contributed by atoms with Crippen molar-refractivity contribution in [2.45, 2.75) is 6.54 Å². The first-order valence-corrected chi connectivity index (χ1v) is 6.29. The predicted molar refractivity (Wildman–Crippen MR) is 71.7 cm³/mol. The summed E-state index contributed by atoms with van der Waals surface area (Å²) in [6.45, 7) is 0.295. The third-order valence-corrected chi connectivity index (χ3v) is 3.53. The molecule has 0 radical (unpaired) electrons. The lowest BCUT2D eigenvalue weighted by Gasteiger charge is -2.06. The number of carbonyl (C=O) groups is 1. The van der Waals surface area contributed by atoms with E-state index in [9.17, 15) is 19.3 Å². The standard InChI is InChI=1S/C12H9FN2O4S/c13-10-3-1-7(5-9(10)12(16)17)14-6-8-2-4-11(20-8)15(18)19/h1-5,14H,6H2,(H,16,17). The highest BCUT2D eigenvalue weighted by atomic mass is 32.1. The van der Waals surface area contributed by atoms with E-state index in [1.165, 1.54) is 18.2 Å². The van der Waals surface area contributed by atoms with E-state index in [1.807, 2.05) is 0 Å². The fraction of sp³-hybridized carbons (Fsp3) is 0.0833. The Morgan fingerprint density at radius 1 is 1.40 bits per heavy atom. The first-order chi connectivity index (χ1) is 9.47. The summed E-state index contributed by atoms with van der Waals surface area (Å²) in [7, 11) is 0. The molecule has 20 heavy (non-hydrogen) atoms. The van der Waals surface area contributed by atoms with E-state index in [2.05, 4.69) is 5.32 Å². The number of aromatic carboxylic acids is 1. The highest BCUT2D eigenvalue weighted by Crippen LogP contribution is 2.25. The number of hydrogen-bond donors (Lipinski definition) is 2. The largest absolute Gasteiger partial charge is 0.478 e. The minimum absolute atomic E-state index is 0.0344. The topological polar surface area (TPSA) is 92.5 Å². The Bertz CT molecular complexity index is 671. The van der Waals surface area contributed by atoms with Gasteiger partial charge in [-0.1, -0.05) is 11.3 Å². The maximum absolute atomic E-state index is 13.2. The second kappa shape index (κ2) is 5.66. The van der Waals surface area contributed by atoms with Gasteiger partial charge in [0.05, 0.1) is 10.5 Å². The molecule has 0 bridgehead atoms. The number of thiophene rings is 1. The van der Waals surface area contributed by atoms with Gasteiger partial charge in [-0.25, -0.2) is 9.18 Å². The summed E-state index contributed by atoms with van der Waals surface area (Å²) in [4.78, 5) is 21.6. The van der Waals surface area contributed by atoms with Crippen LogP contribution in [-0.4, -0.2) is 16.0 Å². The van der Waals surface area contributed by atoms with Gasteiger partial charge in [-0.15, -0.1) is 0 Å². The number of nitrogens with zero attached hydrogens (tertiary/aromatic N) is 1. The SMILES string of the molecule is O=C(O)c1cc(NCc2ccc([N+](=O)[O-])s2)ccc1F. The van der Waals surface area contributed by atoms with Gasteiger partial charge in [0, 0.05) is 23.2 Å². The molecule has 0 aliphatic rings. The number of rotatable bonds is 5. The van der Waals surface area contributed by atoms with Gasteiger partial charge in [0.1, 0.15) is 5.82 Å². The molecule has 2 rings (SSSR count). The van der Waals surface area contributed by atoms with Crippen molar-refractivity contribution in [3.63, 3.8) is 0 Å². The summed E-state index contributed by atoms with van der Waals surface area (Å²) >= 11 is 1.02. The fourth-order valence-electron chi connectivity index (χ4n) is 1.55. The Hall–Kier alpha value is -2.48. The molecule has 2 aromatic rings. The quantitative estimate of drug-likeness (QED) is 0.653. The Balaban J connectivity index is 2.08. The molecule has 6 nitrogen and oxygen atoms in total. The van der Waals surface area contributed by atoms with Crippen LogP contribution in [-0.2, 0) is 6.54 Å². The van der Waals surface area contributed by atoms with Gasteiger partial charge >= 0.3 is 11.0 Å². The molecule has 0 saturated carbocycles. The van der Waals surface area contributed by atoms with Crippen LogP contribution in [0.15, 0.2) is 30.3 Å². The maximum Gasteiger partial charge on any atom is 0.338 e. The summed E-state index contributed by atoms with van der Waals surface area (Å²) < 4.78 is 13.2. The molecule has 0 unspecified atom stereocenters. The van der Waals surface area contributed by atoms with Gasteiger partial charge in [0.2, 0.25) is 0 Å². The first kappa shape index (κ1) is 13.9. The van der Waals surface area contributed by atoms with Crippen LogP contribution < -0.4 is 5.32 Å². The smallest absolute Gasteiger partial charge is 0.338 e. The van der Waals surface area contributed by atoms with Gasteiger partial charge in [0.15, 0.2) is 0 Å². The number of carboxylic acids is 1. The van der Waals surface area contributed by atoms with Crippen LogP contribution in [0.5, 0.6) is 0 Å². The van der Waals surface area contributed by atoms with Crippen LogP contribution in [0.3, 0.4) is 0 Å². The average Bonchev–Trinajstić information content (AvgIpc) is 2.86. The predicted octanol–water partition coefficient (Wildman–Crippen LogP) is 3.11. The summed E-state index contributed by atoms with van der Waals surface area (Å²) in [6.07, 6.45) is 0. The van der Waals surface area contributed by atoms with Crippen LogP contribution in [0, 0.1) is 15.9 Å². The Kier molecular flexibility index (Phi) is 3.94. The van der Waals surface area contributed by atoms with E-state index in [0.717, 1.165) is 22.3 Å². The molecule has 1 heterocycles. The molecule has 8 heteroatoms. The number of nitrogens with one attached hydrogen (secondary N) is 1. The van der Waals surface area contributed by atoms with Crippen molar-refractivity contribution in [2.75, 3.05) is 5.32 Å². The molecular formula is C12H9FN2O4S. The number of halogens is 1. The van der Waals surface area contributed by atoms with Crippen molar-refractivity contribution in [1.29, 1.82) is 0 Å². The molecule has 104 valence electrons. The Morgan fingerprint density at radius 2 is 2.15 bits per heavy atom. The number of carboxylic acid groups (broad SMARTS) is 1. The summed E-state index contributed by atoms with van der Waals surface area (Å²) in [5.74, 6) is -2.16. The molecule has 0 saturated heterocycles. The van der Waals surface area contributed by atoms with Gasteiger partial charge < -0.3 is 10.4 Å². The lowest BCUT2D eigenvalue weighted by atomic mass is 10.2. The molecule has 0 amide bonds. The fourth-order valence-corrected chi connectivity index (χ4v) is 2.31. The number of hydrogen-bond acceptors (Lipinski definition) is 5. The lowest BCUT2D eigenvalue weighted by Crippen LogP contribution is -2.03. The van der Waals surface area contributed by atoms with Gasteiger partial charge in [-0.05, 0) is 24.3 Å². The van der Waals surface area contributed by atoms with Gasteiger partial charge in [0.25, 0.3) is 0 Å². The normalized spacial score (nSPS) is 10.2. The maximum atomic E-state index is 13.2. The molecule has 2 N–H and O–H groups in total. The van der Waals surface area contributed by atoms with E-state index < -0.39 is 22.3 Å². The van der Waals surface area contributed by atoms with Crippen molar-refractivity contribution < 1.29 is 19.2 Å². The number of anilines is 1. The van der Waals surface area contributed by atoms with E-state index in [4.69, 9.17) is 5.11 Å². The average molecular weight is 296 g/mol. The minimum atomic E-state index is -1.35. The molecular weight excluding hydrogens is 287 g/mol. The molecule has 1 aromatic carbocycles. The van der Waals surface area contributed by atoms with Gasteiger partial charge in [-0.3, -0.25) is 10.1 Å². The first-order valence-electron chi connectivity index (χ1n) is 5.47. The summed E-state index contributed by atoms with van der Waals surface area (Å²) in [5.41, 5.74) is 0.00649. The second-order valence-corrected chi connectivity index (χ2v) is 5.00. The van der Waals surface area contributed by atoms with E-state index >= 15 is 0 Å². The molecule has 0 aliphatic heterocycles. The molecule has 1 aromatic heterocycles. The van der Waals surface area contributed by atoms with E-state index in [-0.39, 0.29) is 5.00 Å². The second-order valence-electron chi connectivity index (χ2n) is 3.85. The summed E-state index contributed by atoms with van der Waals surface area (Å²) in [6, 6.07) is 6.65. The monoisotopic (exact) mass is 296 g/mol. The summed E-state index contributed by atoms with van der Waals surface area (Å²) in [5, 5.41) is 22.3. The Labute approximate surface area is 116 Å². The Morgan fingerprint density at radius 3 is 2.75 bits per heavy atom. The van der Waals surface area contributed by atoms with Crippen LogP contribution in [0.1, 0.15) is 15.2 Å². The van der Waals surface area contributed by atoms with Crippen LogP contribution in [0.2, 0.25) is 0 Å². The van der Waals surface area contributed by atoms with Crippen molar-refractivity contribution >= 4 is 28.0 Å². The number of nitro groups is 1.